The Bertz CT molecular complexity index is 964. The molecule has 2 aromatic rings. The van der Waals surface area contributed by atoms with Gasteiger partial charge in [-0.2, -0.15) is 0 Å². The number of amides is 1. The van der Waals surface area contributed by atoms with Gasteiger partial charge in [-0.05, 0) is 75.9 Å². The van der Waals surface area contributed by atoms with Crippen LogP contribution in [0.4, 0.5) is 10.5 Å². The van der Waals surface area contributed by atoms with E-state index in [-0.39, 0.29) is 23.1 Å². The third-order valence-electron chi connectivity index (χ3n) is 4.56. The van der Waals surface area contributed by atoms with Crippen LogP contribution in [0, 0.1) is 0 Å². The van der Waals surface area contributed by atoms with Crippen LogP contribution in [0.2, 0.25) is 5.02 Å². The molecular formula is C23H26ClNO6. The molecule has 1 amide bonds. The predicted molar refractivity (Wildman–Crippen MR) is 118 cm³/mol. The summed E-state index contributed by atoms with van der Waals surface area (Å²) < 4.78 is 5.42. The molecule has 0 saturated heterocycles. The van der Waals surface area contributed by atoms with Crippen LogP contribution in [0.5, 0.6) is 0 Å². The third-order valence-corrected chi connectivity index (χ3v) is 4.91. The number of carbonyl (C=O) groups excluding carboxylic acids is 1. The lowest BCUT2D eigenvalue weighted by molar-refractivity contribution is 0.0580. The molecule has 0 fully saturated rings. The number of aryl methyl sites for hydroxylation is 1. The molecule has 2 rings (SSSR count). The second-order valence-electron chi connectivity index (χ2n) is 7.94. The van der Waals surface area contributed by atoms with Crippen molar-refractivity contribution in [1.29, 1.82) is 0 Å². The minimum Gasteiger partial charge on any atom is -0.478 e. The minimum atomic E-state index is -1.18. The zero-order valence-electron chi connectivity index (χ0n) is 17.9. The van der Waals surface area contributed by atoms with Crippen LogP contribution in [-0.4, -0.2) is 40.4 Å². The van der Waals surface area contributed by atoms with Gasteiger partial charge < -0.3 is 14.9 Å². The zero-order chi connectivity index (χ0) is 23.3. The van der Waals surface area contributed by atoms with Crippen molar-refractivity contribution in [2.45, 2.75) is 46.1 Å². The molecule has 0 radical (unpaired) electrons. The summed E-state index contributed by atoms with van der Waals surface area (Å²) >= 11 is 6.43. The van der Waals surface area contributed by atoms with E-state index in [0.717, 1.165) is 0 Å². The number of hydrogen-bond donors (Lipinski definition) is 2. The highest BCUT2D eigenvalue weighted by Gasteiger charge is 2.23. The van der Waals surface area contributed by atoms with Crippen molar-refractivity contribution in [3.63, 3.8) is 0 Å². The fourth-order valence-electron chi connectivity index (χ4n) is 3.16. The van der Waals surface area contributed by atoms with Gasteiger partial charge >= 0.3 is 18.0 Å². The number of benzene rings is 2. The lowest BCUT2D eigenvalue weighted by Crippen LogP contribution is -2.36. The van der Waals surface area contributed by atoms with E-state index in [1.54, 1.807) is 39.0 Å². The second kappa shape index (κ2) is 9.83. The number of carboxylic acids is 2. The summed E-state index contributed by atoms with van der Waals surface area (Å²) in [6, 6.07) is 9.30. The average molecular weight is 448 g/mol. The number of ether oxygens (including phenoxy) is 1. The fraction of sp³-hybridized carbons (Fsp3) is 0.348. The van der Waals surface area contributed by atoms with Crippen LogP contribution < -0.4 is 4.90 Å². The van der Waals surface area contributed by atoms with Crippen LogP contribution in [0.1, 0.15) is 59.5 Å². The first-order valence-electron chi connectivity index (χ1n) is 9.82. The molecular weight excluding hydrogens is 422 g/mol. The Hall–Kier alpha value is -3.06. The first-order valence-corrected chi connectivity index (χ1v) is 10.2. The van der Waals surface area contributed by atoms with Gasteiger partial charge in [-0.3, -0.25) is 4.90 Å². The highest BCUT2D eigenvalue weighted by molar-refractivity contribution is 6.31. The van der Waals surface area contributed by atoms with Crippen molar-refractivity contribution >= 4 is 35.3 Å². The molecule has 31 heavy (non-hydrogen) atoms. The van der Waals surface area contributed by atoms with Gasteiger partial charge in [0.1, 0.15) is 5.60 Å². The summed E-state index contributed by atoms with van der Waals surface area (Å²) in [4.78, 5) is 37.0. The van der Waals surface area contributed by atoms with E-state index in [1.807, 2.05) is 6.92 Å². The van der Waals surface area contributed by atoms with Gasteiger partial charge in [0.2, 0.25) is 0 Å². The Balaban J connectivity index is 2.27. The largest absolute Gasteiger partial charge is 0.478 e. The van der Waals surface area contributed by atoms with Crippen molar-refractivity contribution in [3.05, 3.63) is 63.7 Å². The van der Waals surface area contributed by atoms with Crippen LogP contribution in [0.25, 0.3) is 0 Å². The van der Waals surface area contributed by atoms with Gasteiger partial charge in [0, 0.05) is 17.3 Å². The van der Waals surface area contributed by atoms with E-state index in [4.69, 9.17) is 16.3 Å². The number of carbonyl (C=O) groups is 3. The molecule has 2 N–H and O–H groups in total. The van der Waals surface area contributed by atoms with Crippen LogP contribution in [-0.2, 0) is 17.6 Å². The van der Waals surface area contributed by atoms with Crippen LogP contribution in [0.15, 0.2) is 36.4 Å². The smallest absolute Gasteiger partial charge is 0.414 e. The van der Waals surface area contributed by atoms with E-state index in [9.17, 15) is 24.6 Å². The summed E-state index contributed by atoms with van der Waals surface area (Å²) in [5.74, 6) is -2.37. The minimum absolute atomic E-state index is 0.0465. The summed E-state index contributed by atoms with van der Waals surface area (Å²) in [6.07, 6.45) is 0.0370. The third kappa shape index (κ3) is 6.21. The molecule has 0 heterocycles. The molecule has 0 aliphatic carbocycles. The van der Waals surface area contributed by atoms with E-state index in [0.29, 0.717) is 29.2 Å². The molecule has 0 saturated carbocycles. The predicted octanol–water partition coefficient (Wildman–Crippen LogP) is 5.28. The van der Waals surface area contributed by atoms with Gasteiger partial charge in [0.25, 0.3) is 0 Å². The SMILES string of the molecule is CCN(C(=O)OC(C)(C)C)c1ccc(CCc2c(C(=O)O)cccc2C(=O)O)c(Cl)c1. The summed E-state index contributed by atoms with van der Waals surface area (Å²) in [7, 11) is 0. The van der Waals surface area contributed by atoms with E-state index in [2.05, 4.69) is 0 Å². The van der Waals surface area contributed by atoms with Crippen molar-refractivity contribution in [3.8, 4) is 0 Å². The van der Waals surface area contributed by atoms with Gasteiger partial charge in [-0.1, -0.05) is 23.7 Å². The summed E-state index contributed by atoms with van der Waals surface area (Å²) in [5, 5.41) is 19.2. The van der Waals surface area contributed by atoms with E-state index >= 15 is 0 Å². The maximum Gasteiger partial charge on any atom is 0.414 e. The number of anilines is 1. The fourth-order valence-corrected chi connectivity index (χ4v) is 3.43. The molecule has 0 unspecified atom stereocenters. The highest BCUT2D eigenvalue weighted by Crippen LogP contribution is 2.27. The van der Waals surface area contributed by atoms with Gasteiger partial charge in [-0.15, -0.1) is 0 Å². The number of carboxylic acid groups (broad SMARTS) is 2. The molecule has 166 valence electrons. The maximum absolute atomic E-state index is 12.4. The van der Waals surface area contributed by atoms with E-state index < -0.39 is 23.6 Å². The highest BCUT2D eigenvalue weighted by atomic mass is 35.5. The molecule has 0 aliphatic heterocycles. The molecule has 0 bridgehead atoms. The maximum atomic E-state index is 12.4. The summed E-state index contributed by atoms with van der Waals surface area (Å²) in [6.45, 7) is 7.57. The lowest BCUT2D eigenvalue weighted by atomic mass is 9.94. The van der Waals surface area contributed by atoms with Gasteiger partial charge in [-0.25, -0.2) is 14.4 Å². The number of hydrogen-bond acceptors (Lipinski definition) is 4. The number of nitrogens with zero attached hydrogens (tertiary/aromatic N) is 1. The Morgan fingerprint density at radius 2 is 1.58 bits per heavy atom. The van der Waals surface area contributed by atoms with Crippen molar-refractivity contribution in [2.24, 2.45) is 0 Å². The molecule has 0 aliphatic rings. The molecule has 0 atom stereocenters. The normalized spacial score (nSPS) is 11.1. The van der Waals surface area contributed by atoms with Crippen molar-refractivity contribution in [2.75, 3.05) is 11.4 Å². The van der Waals surface area contributed by atoms with Crippen LogP contribution in [0.3, 0.4) is 0 Å². The van der Waals surface area contributed by atoms with Crippen molar-refractivity contribution in [1.82, 2.24) is 0 Å². The second-order valence-corrected chi connectivity index (χ2v) is 8.35. The summed E-state index contributed by atoms with van der Waals surface area (Å²) in [5.41, 5.74) is 0.800. The molecule has 8 heteroatoms. The molecule has 2 aromatic carbocycles. The quantitative estimate of drug-likeness (QED) is 0.598. The Kier molecular flexibility index (Phi) is 7.68. The number of rotatable bonds is 7. The average Bonchev–Trinajstić information content (AvgIpc) is 2.66. The Morgan fingerprint density at radius 1 is 1.00 bits per heavy atom. The van der Waals surface area contributed by atoms with E-state index in [1.165, 1.54) is 23.1 Å². The van der Waals surface area contributed by atoms with Gasteiger partial charge in [0.15, 0.2) is 0 Å². The molecule has 0 spiro atoms. The van der Waals surface area contributed by atoms with Crippen molar-refractivity contribution < 1.29 is 29.3 Å². The topological polar surface area (TPSA) is 104 Å². The first-order chi connectivity index (χ1) is 14.4. The Morgan fingerprint density at radius 3 is 2.03 bits per heavy atom. The zero-order valence-corrected chi connectivity index (χ0v) is 18.7. The molecule has 7 nitrogen and oxygen atoms in total. The Labute approximate surface area is 186 Å². The number of aromatic carboxylic acids is 2. The number of halogens is 1. The standard InChI is InChI=1S/C23H26ClNO6/c1-5-25(22(30)31-23(2,3)4)15-11-9-14(19(24)13-15)10-12-16-17(20(26)27)7-6-8-18(16)21(28)29/h6-9,11,13H,5,10,12H2,1-4H3,(H,26,27)(H,28,29). The molecule has 0 aromatic heterocycles. The first kappa shape index (κ1) is 24.2. The van der Waals surface area contributed by atoms with Crippen LogP contribution >= 0.6 is 11.6 Å². The lowest BCUT2D eigenvalue weighted by Gasteiger charge is -2.27. The van der Waals surface area contributed by atoms with Gasteiger partial charge in [0.05, 0.1) is 11.1 Å². The monoisotopic (exact) mass is 447 g/mol.